The Hall–Kier alpha value is -1.64. The van der Waals surface area contributed by atoms with Gasteiger partial charge in [0.2, 0.25) is 0 Å². The molecule has 0 saturated heterocycles. The van der Waals surface area contributed by atoms with Crippen molar-refractivity contribution < 1.29 is 14.3 Å². The molecule has 0 aliphatic rings. The van der Waals surface area contributed by atoms with Gasteiger partial charge in [0, 0.05) is 5.92 Å². The summed E-state index contributed by atoms with van der Waals surface area (Å²) in [6.45, 7) is 3.59. The van der Waals surface area contributed by atoms with Crippen molar-refractivity contribution in [3.8, 4) is 0 Å². The Balaban J connectivity index is 2.85. The van der Waals surface area contributed by atoms with Crippen molar-refractivity contribution in [1.29, 1.82) is 0 Å². The number of ether oxygens (including phenoxy) is 1. The largest absolute Gasteiger partial charge is 0.468 e. The Labute approximate surface area is 102 Å². The van der Waals surface area contributed by atoms with E-state index in [-0.39, 0.29) is 11.7 Å². The highest BCUT2D eigenvalue weighted by Crippen LogP contribution is 2.15. The third-order valence-corrected chi connectivity index (χ3v) is 2.68. The van der Waals surface area contributed by atoms with Gasteiger partial charge in [-0.15, -0.1) is 0 Å². The van der Waals surface area contributed by atoms with Gasteiger partial charge in [-0.1, -0.05) is 44.2 Å². The Morgan fingerprint density at radius 2 is 1.76 bits per heavy atom. The van der Waals surface area contributed by atoms with E-state index < -0.39 is 11.9 Å². The zero-order valence-electron chi connectivity index (χ0n) is 10.5. The second-order valence-electron chi connectivity index (χ2n) is 4.32. The van der Waals surface area contributed by atoms with E-state index in [1.54, 1.807) is 13.8 Å². The second-order valence-corrected chi connectivity index (χ2v) is 4.32. The first-order valence-electron chi connectivity index (χ1n) is 5.71. The SMILES string of the molecule is COC(=O)C(Cc1ccccc1)C(=O)C(C)C. The van der Waals surface area contributed by atoms with E-state index in [1.165, 1.54) is 7.11 Å². The molecule has 1 aromatic carbocycles. The van der Waals surface area contributed by atoms with Crippen LogP contribution in [0.25, 0.3) is 0 Å². The Morgan fingerprint density at radius 1 is 1.18 bits per heavy atom. The number of carbonyl (C=O) groups excluding carboxylic acids is 2. The molecule has 3 heteroatoms. The number of rotatable bonds is 5. The number of hydrogen-bond donors (Lipinski definition) is 0. The molecule has 1 aromatic rings. The molecule has 1 rings (SSSR count). The Morgan fingerprint density at radius 3 is 2.24 bits per heavy atom. The molecule has 1 atom stereocenters. The van der Waals surface area contributed by atoms with Crippen molar-refractivity contribution in [3.63, 3.8) is 0 Å². The van der Waals surface area contributed by atoms with Crippen molar-refractivity contribution in [2.45, 2.75) is 20.3 Å². The summed E-state index contributed by atoms with van der Waals surface area (Å²) >= 11 is 0. The molecule has 0 radical (unpaired) electrons. The van der Waals surface area contributed by atoms with Gasteiger partial charge in [-0.25, -0.2) is 0 Å². The molecule has 0 N–H and O–H groups in total. The highest BCUT2D eigenvalue weighted by Gasteiger charge is 2.29. The van der Waals surface area contributed by atoms with E-state index in [9.17, 15) is 9.59 Å². The number of esters is 1. The quantitative estimate of drug-likeness (QED) is 0.579. The molecule has 3 nitrogen and oxygen atoms in total. The minimum Gasteiger partial charge on any atom is -0.468 e. The highest BCUT2D eigenvalue weighted by atomic mass is 16.5. The van der Waals surface area contributed by atoms with Crippen molar-refractivity contribution in [1.82, 2.24) is 0 Å². The summed E-state index contributed by atoms with van der Waals surface area (Å²) in [6.07, 6.45) is 0.407. The van der Waals surface area contributed by atoms with Gasteiger partial charge in [0.05, 0.1) is 7.11 Å². The maximum atomic E-state index is 11.9. The monoisotopic (exact) mass is 234 g/mol. The van der Waals surface area contributed by atoms with E-state index in [2.05, 4.69) is 0 Å². The van der Waals surface area contributed by atoms with Crippen LogP contribution in [0.2, 0.25) is 0 Å². The third-order valence-electron chi connectivity index (χ3n) is 2.68. The predicted molar refractivity (Wildman–Crippen MR) is 65.5 cm³/mol. The van der Waals surface area contributed by atoms with Crippen molar-refractivity contribution >= 4 is 11.8 Å². The molecule has 0 aliphatic heterocycles. The maximum absolute atomic E-state index is 11.9. The van der Waals surface area contributed by atoms with Crippen molar-refractivity contribution in [3.05, 3.63) is 35.9 Å². The molecule has 0 heterocycles. The fourth-order valence-corrected chi connectivity index (χ4v) is 1.69. The van der Waals surface area contributed by atoms with Crippen LogP contribution in [0, 0.1) is 11.8 Å². The molecule has 0 aliphatic carbocycles. The van der Waals surface area contributed by atoms with Gasteiger partial charge in [0.25, 0.3) is 0 Å². The van der Waals surface area contributed by atoms with Gasteiger partial charge in [0.1, 0.15) is 11.7 Å². The summed E-state index contributed by atoms with van der Waals surface area (Å²) < 4.78 is 4.70. The zero-order valence-corrected chi connectivity index (χ0v) is 10.5. The maximum Gasteiger partial charge on any atom is 0.316 e. The minimum atomic E-state index is -0.692. The predicted octanol–water partition coefficient (Wildman–Crippen LogP) is 2.24. The third kappa shape index (κ3) is 3.70. The van der Waals surface area contributed by atoms with E-state index >= 15 is 0 Å². The fourth-order valence-electron chi connectivity index (χ4n) is 1.69. The first-order chi connectivity index (χ1) is 8.06. The summed E-state index contributed by atoms with van der Waals surface area (Å²) in [5.41, 5.74) is 0.969. The fraction of sp³-hybridized carbons (Fsp3) is 0.429. The van der Waals surface area contributed by atoms with Crippen molar-refractivity contribution in [2.24, 2.45) is 11.8 Å². The lowest BCUT2D eigenvalue weighted by Crippen LogP contribution is -2.30. The topological polar surface area (TPSA) is 43.4 Å². The van der Waals surface area contributed by atoms with Crippen LogP contribution < -0.4 is 0 Å². The van der Waals surface area contributed by atoms with E-state index in [1.807, 2.05) is 30.3 Å². The van der Waals surface area contributed by atoms with Crippen LogP contribution in [0.4, 0.5) is 0 Å². The zero-order chi connectivity index (χ0) is 12.8. The average Bonchev–Trinajstić information content (AvgIpc) is 2.35. The van der Waals surface area contributed by atoms with E-state index in [0.29, 0.717) is 6.42 Å². The second kappa shape index (κ2) is 6.18. The van der Waals surface area contributed by atoms with Crippen LogP contribution in [-0.2, 0) is 20.7 Å². The molecule has 0 fully saturated rings. The standard InChI is InChI=1S/C14H18O3/c1-10(2)13(15)12(14(16)17-3)9-11-7-5-4-6-8-11/h4-8,10,12H,9H2,1-3H3. The van der Waals surface area contributed by atoms with Crippen LogP contribution in [0.1, 0.15) is 19.4 Å². The van der Waals surface area contributed by atoms with E-state index in [4.69, 9.17) is 4.74 Å². The Kier molecular flexibility index (Phi) is 4.88. The number of ketones is 1. The molecule has 92 valence electrons. The number of benzene rings is 1. The lowest BCUT2D eigenvalue weighted by atomic mass is 9.89. The number of carbonyl (C=O) groups is 2. The molecular formula is C14H18O3. The molecule has 1 unspecified atom stereocenters. The molecule has 0 bridgehead atoms. The summed E-state index contributed by atoms with van der Waals surface area (Å²) in [5, 5.41) is 0. The first-order valence-corrected chi connectivity index (χ1v) is 5.71. The van der Waals surface area contributed by atoms with Crippen LogP contribution in [0.5, 0.6) is 0 Å². The number of methoxy groups -OCH3 is 1. The summed E-state index contributed by atoms with van der Waals surface area (Å²) in [4.78, 5) is 23.6. The summed E-state index contributed by atoms with van der Waals surface area (Å²) in [5.74, 6) is -1.38. The molecule has 0 aromatic heterocycles. The normalized spacial score (nSPS) is 12.2. The van der Waals surface area contributed by atoms with Crippen molar-refractivity contribution in [2.75, 3.05) is 7.11 Å². The smallest absolute Gasteiger partial charge is 0.316 e. The number of hydrogen-bond acceptors (Lipinski definition) is 3. The lowest BCUT2D eigenvalue weighted by Gasteiger charge is -2.15. The van der Waals surface area contributed by atoms with Gasteiger partial charge in [-0.3, -0.25) is 9.59 Å². The molecule has 0 saturated carbocycles. The van der Waals surface area contributed by atoms with E-state index in [0.717, 1.165) is 5.56 Å². The summed E-state index contributed by atoms with van der Waals surface area (Å²) in [7, 11) is 1.31. The molecule has 0 spiro atoms. The molecular weight excluding hydrogens is 216 g/mol. The summed E-state index contributed by atoms with van der Waals surface area (Å²) in [6, 6.07) is 9.50. The minimum absolute atomic E-state index is 0.0688. The lowest BCUT2D eigenvalue weighted by molar-refractivity contribution is -0.150. The van der Waals surface area contributed by atoms with Crippen LogP contribution in [0.3, 0.4) is 0 Å². The van der Waals surface area contributed by atoms with Gasteiger partial charge >= 0.3 is 5.97 Å². The number of Topliss-reactive ketones (excluding diaryl/α,β-unsaturated/α-hetero) is 1. The van der Waals surface area contributed by atoms with Gasteiger partial charge < -0.3 is 4.74 Å². The van der Waals surface area contributed by atoms with Gasteiger partial charge in [-0.2, -0.15) is 0 Å². The van der Waals surface area contributed by atoms with Crippen LogP contribution >= 0.6 is 0 Å². The van der Waals surface area contributed by atoms with Gasteiger partial charge in [0.15, 0.2) is 0 Å². The van der Waals surface area contributed by atoms with Crippen LogP contribution in [0.15, 0.2) is 30.3 Å². The van der Waals surface area contributed by atoms with Crippen LogP contribution in [-0.4, -0.2) is 18.9 Å². The van der Waals surface area contributed by atoms with Gasteiger partial charge in [-0.05, 0) is 12.0 Å². The Bertz CT molecular complexity index is 382. The highest BCUT2D eigenvalue weighted by molar-refractivity contribution is 6.00. The molecule has 17 heavy (non-hydrogen) atoms. The first kappa shape index (κ1) is 13.4. The average molecular weight is 234 g/mol. The molecule has 0 amide bonds.